The average molecular weight is 310 g/mol. The predicted octanol–water partition coefficient (Wildman–Crippen LogP) is 1.54. The molecule has 0 bridgehead atoms. The normalized spacial score (nSPS) is 15.5. The highest BCUT2D eigenvalue weighted by atomic mass is 32.2. The summed E-state index contributed by atoms with van der Waals surface area (Å²) in [5, 5.41) is 0. The number of carbonyl (C=O) groups excluding carboxylic acids is 1. The molecule has 1 aromatic carbocycles. The summed E-state index contributed by atoms with van der Waals surface area (Å²) in [6, 6.07) is 6.92. The van der Waals surface area contributed by atoms with Gasteiger partial charge in [0.25, 0.3) is 0 Å². The third-order valence-electron chi connectivity index (χ3n) is 3.89. The Labute approximate surface area is 126 Å². The molecule has 21 heavy (non-hydrogen) atoms. The van der Waals surface area contributed by atoms with Crippen LogP contribution in [-0.2, 0) is 14.6 Å². The number of rotatable bonds is 6. The minimum atomic E-state index is -3.14. The van der Waals surface area contributed by atoms with Crippen LogP contribution in [0.15, 0.2) is 29.2 Å². The molecule has 0 N–H and O–H groups in total. The van der Waals surface area contributed by atoms with Gasteiger partial charge in [-0.2, -0.15) is 0 Å². The highest BCUT2D eigenvalue weighted by Gasteiger charge is 2.20. The lowest BCUT2D eigenvalue weighted by Crippen LogP contribution is -2.33. The molecule has 1 saturated heterocycles. The first-order valence-corrected chi connectivity index (χ1v) is 8.91. The lowest BCUT2D eigenvalue weighted by Gasteiger charge is -2.23. The van der Waals surface area contributed by atoms with Gasteiger partial charge in [0.2, 0.25) is 5.91 Å². The second-order valence-electron chi connectivity index (χ2n) is 5.30. The molecule has 116 valence electrons. The van der Waals surface area contributed by atoms with Crippen LogP contribution in [-0.4, -0.2) is 51.7 Å². The third-order valence-corrected chi connectivity index (χ3v) is 5.64. The second-order valence-corrected chi connectivity index (χ2v) is 7.58. The van der Waals surface area contributed by atoms with Crippen molar-refractivity contribution in [3.8, 4) is 0 Å². The molecule has 1 fully saturated rings. The first-order valence-electron chi connectivity index (χ1n) is 7.26. The summed E-state index contributed by atoms with van der Waals surface area (Å²) >= 11 is 0. The molecule has 0 aromatic heterocycles. The SMILES string of the molecule is CCS(=O)(=O)c1ccc(N(C)CCN2CCCC2=O)cc1. The topological polar surface area (TPSA) is 57.7 Å². The van der Waals surface area contributed by atoms with Crippen molar-refractivity contribution in [3.05, 3.63) is 24.3 Å². The maximum Gasteiger partial charge on any atom is 0.222 e. The molecular formula is C15H22N2O3S. The fraction of sp³-hybridized carbons (Fsp3) is 0.533. The summed E-state index contributed by atoms with van der Waals surface area (Å²) in [6.45, 7) is 3.94. The van der Waals surface area contributed by atoms with Crippen LogP contribution in [0.1, 0.15) is 19.8 Å². The number of likely N-dealkylation sites (N-methyl/N-ethyl adjacent to an activating group) is 1. The molecule has 5 nitrogen and oxygen atoms in total. The van der Waals surface area contributed by atoms with Gasteiger partial charge in [-0.05, 0) is 30.7 Å². The number of hydrogen-bond donors (Lipinski definition) is 0. The largest absolute Gasteiger partial charge is 0.373 e. The number of anilines is 1. The molecule has 0 spiro atoms. The van der Waals surface area contributed by atoms with Gasteiger partial charge in [0.15, 0.2) is 9.84 Å². The van der Waals surface area contributed by atoms with E-state index in [2.05, 4.69) is 0 Å². The van der Waals surface area contributed by atoms with Crippen LogP contribution in [0.5, 0.6) is 0 Å². The number of likely N-dealkylation sites (tertiary alicyclic amines) is 1. The van der Waals surface area contributed by atoms with Crippen molar-refractivity contribution in [2.24, 2.45) is 0 Å². The second kappa shape index (κ2) is 6.47. The first-order chi connectivity index (χ1) is 9.94. The highest BCUT2D eigenvalue weighted by molar-refractivity contribution is 7.91. The molecule has 2 rings (SSSR count). The number of nitrogens with zero attached hydrogens (tertiary/aromatic N) is 2. The van der Waals surface area contributed by atoms with Gasteiger partial charge in [0.1, 0.15) is 0 Å². The molecular weight excluding hydrogens is 288 g/mol. The zero-order valence-corrected chi connectivity index (χ0v) is 13.4. The Morgan fingerprint density at radius 1 is 1.24 bits per heavy atom. The van der Waals surface area contributed by atoms with E-state index in [1.54, 1.807) is 19.1 Å². The Bertz CT molecular complexity index is 596. The molecule has 1 aromatic rings. The van der Waals surface area contributed by atoms with Gasteiger partial charge in [-0.15, -0.1) is 0 Å². The molecule has 1 heterocycles. The van der Waals surface area contributed by atoms with E-state index in [1.807, 2.05) is 29.0 Å². The van der Waals surface area contributed by atoms with Crippen molar-refractivity contribution < 1.29 is 13.2 Å². The summed E-state index contributed by atoms with van der Waals surface area (Å²) in [4.78, 5) is 15.8. The van der Waals surface area contributed by atoms with Gasteiger partial charge in [0.05, 0.1) is 10.6 Å². The molecule has 1 aliphatic rings. The predicted molar refractivity (Wildman–Crippen MR) is 83.3 cm³/mol. The van der Waals surface area contributed by atoms with E-state index in [1.165, 1.54) is 0 Å². The minimum absolute atomic E-state index is 0.110. The molecule has 1 amide bonds. The molecule has 0 radical (unpaired) electrons. The van der Waals surface area contributed by atoms with E-state index in [9.17, 15) is 13.2 Å². The summed E-state index contributed by atoms with van der Waals surface area (Å²) in [6.07, 6.45) is 1.61. The van der Waals surface area contributed by atoms with Crippen LogP contribution in [0.3, 0.4) is 0 Å². The fourth-order valence-corrected chi connectivity index (χ4v) is 3.30. The van der Waals surface area contributed by atoms with Crippen molar-refractivity contribution in [2.45, 2.75) is 24.7 Å². The summed E-state index contributed by atoms with van der Waals surface area (Å²) in [5.74, 6) is 0.340. The minimum Gasteiger partial charge on any atom is -0.373 e. The monoisotopic (exact) mass is 310 g/mol. The van der Waals surface area contributed by atoms with Crippen molar-refractivity contribution in [1.29, 1.82) is 0 Å². The Kier molecular flexibility index (Phi) is 4.88. The fourth-order valence-electron chi connectivity index (χ4n) is 2.41. The van der Waals surface area contributed by atoms with E-state index in [0.29, 0.717) is 17.9 Å². The number of carbonyl (C=O) groups is 1. The van der Waals surface area contributed by atoms with Crippen LogP contribution >= 0.6 is 0 Å². The standard InChI is InChI=1S/C15H22N2O3S/c1-3-21(19,20)14-8-6-13(7-9-14)16(2)11-12-17-10-4-5-15(17)18/h6-9H,3-5,10-12H2,1-2H3. The van der Waals surface area contributed by atoms with Gasteiger partial charge in [-0.3, -0.25) is 4.79 Å². The van der Waals surface area contributed by atoms with Crippen molar-refractivity contribution in [1.82, 2.24) is 4.90 Å². The van der Waals surface area contributed by atoms with Crippen molar-refractivity contribution in [3.63, 3.8) is 0 Å². The number of benzene rings is 1. The molecule has 0 unspecified atom stereocenters. The summed E-state index contributed by atoms with van der Waals surface area (Å²) in [7, 11) is -1.20. The number of hydrogen-bond acceptors (Lipinski definition) is 4. The quantitative estimate of drug-likeness (QED) is 0.800. The van der Waals surface area contributed by atoms with Crippen LogP contribution in [0.2, 0.25) is 0 Å². The molecule has 0 saturated carbocycles. The molecule has 0 atom stereocenters. The van der Waals surface area contributed by atoms with Crippen molar-refractivity contribution >= 4 is 21.4 Å². The summed E-state index contributed by atoms with van der Waals surface area (Å²) in [5.41, 5.74) is 0.955. The smallest absolute Gasteiger partial charge is 0.222 e. The Balaban J connectivity index is 1.96. The Morgan fingerprint density at radius 2 is 1.90 bits per heavy atom. The van der Waals surface area contributed by atoms with Gasteiger partial charge < -0.3 is 9.80 Å². The van der Waals surface area contributed by atoms with E-state index < -0.39 is 9.84 Å². The summed E-state index contributed by atoms with van der Waals surface area (Å²) < 4.78 is 23.5. The van der Waals surface area contributed by atoms with Crippen LogP contribution in [0, 0.1) is 0 Å². The lowest BCUT2D eigenvalue weighted by atomic mass is 10.3. The van der Waals surface area contributed by atoms with Gasteiger partial charge in [0, 0.05) is 38.8 Å². The van der Waals surface area contributed by atoms with Gasteiger partial charge in [-0.25, -0.2) is 8.42 Å². The number of amides is 1. The van der Waals surface area contributed by atoms with E-state index in [4.69, 9.17) is 0 Å². The highest BCUT2D eigenvalue weighted by Crippen LogP contribution is 2.18. The van der Waals surface area contributed by atoms with E-state index >= 15 is 0 Å². The van der Waals surface area contributed by atoms with Gasteiger partial charge in [-0.1, -0.05) is 6.92 Å². The first kappa shape index (κ1) is 15.8. The Morgan fingerprint density at radius 3 is 2.43 bits per heavy atom. The molecule has 1 aliphatic heterocycles. The van der Waals surface area contributed by atoms with Crippen LogP contribution in [0.25, 0.3) is 0 Å². The van der Waals surface area contributed by atoms with Crippen LogP contribution in [0.4, 0.5) is 5.69 Å². The lowest BCUT2D eigenvalue weighted by molar-refractivity contribution is -0.127. The van der Waals surface area contributed by atoms with E-state index in [0.717, 1.165) is 25.2 Å². The number of sulfone groups is 1. The maximum atomic E-state index is 11.8. The zero-order chi connectivity index (χ0) is 15.5. The zero-order valence-electron chi connectivity index (χ0n) is 12.6. The Hall–Kier alpha value is -1.56. The van der Waals surface area contributed by atoms with E-state index in [-0.39, 0.29) is 11.7 Å². The maximum absolute atomic E-state index is 11.8. The van der Waals surface area contributed by atoms with Gasteiger partial charge >= 0.3 is 0 Å². The molecule has 6 heteroatoms. The van der Waals surface area contributed by atoms with Crippen molar-refractivity contribution in [2.75, 3.05) is 37.3 Å². The van der Waals surface area contributed by atoms with Crippen LogP contribution < -0.4 is 4.90 Å². The third kappa shape index (κ3) is 3.75. The molecule has 0 aliphatic carbocycles. The average Bonchev–Trinajstić information content (AvgIpc) is 2.90.